The van der Waals surface area contributed by atoms with Crippen LogP contribution >= 0.6 is 0 Å². The second-order valence-corrected chi connectivity index (χ2v) is 5.10. The van der Waals surface area contributed by atoms with Gasteiger partial charge in [-0.15, -0.1) is 0 Å². The van der Waals surface area contributed by atoms with Gasteiger partial charge in [-0.05, 0) is 37.1 Å². The fourth-order valence-electron chi connectivity index (χ4n) is 2.15. The Labute approximate surface area is 127 Å². The van der Waals surface area contributed by atoms with Crippen molar-refractivity contribution in [3.63, 3.8) is 0 Å². The third kappa shape index (κ3) is 8.23. The molecule has 0 aliphatic carbocycles. The highest BCUT2D eigenvalue weighted by molar-refractivity contribution is 5.68. The van der Waals surface area contributed by atoms with Crippen LogP contribution < -0.4 is 10.1 Å². The van der Waals surface area contributed by atoms with Gasteiger partial charge in [-0.2, -0.15) is 0 Å². The molecule has 0 saturated carbocycles. The van der Waals surface area contributed by atoms with Crippen LogP contribution in [0.3, 0.4) is 0 Å². The number of rotatable bonds is 11. The highest BCUT2D eigenvalue weighted by Crippen LogP contribution is 2.15. The molecule has 0 aliphatic rings. The van der Waals surface area contributed by atoms with E-state index in [-0.39, 0.29) is 5.97 Å². The molecule has 0 aromatic heterocycles. The first-order valence-electron chi connectivity index (χ1n) is 7.71. The largest absolute Gasteiger partial charge is 0.497 e. The molecule has 0 heterocycles. The number of methoxy groups -OCH3 is 2. The summed E-state index contributed by atoms with van der Waals surface area (Å²) in [5, 5.41) is 3.40. The molecule has 0 atom stereocenters. The predicted molar refractivity (Wildman–Crippen MR) is 85.8 cm³/mol. The number of carbonyl (C=O) groups excluding carboxylic acids is 1. The molecule has 0 amide bonds. The van der Waals surface area contributed by atoms with E-state index in [0.717, 1.165) is 30.8 Å². The summed E-state index contributed by atoms with van der Waals surface area (Å²) in [7, 11) is 3.12. The molecule has 0 saturated heterocycles. The number of hydrogen-bond donors (Lipinski definition) is 1. The highest BCUT2D eigenvalue weighted by atomic mass is 16.5. The van der Waals surface area contributed by atoms with Gasteiger partial charge >= 0.3 is 5.97 Å². The summed E-state index contributed by atoms with van der Waals surface area (Å²) in [5.41, 5.74) is 1.13. The van der Waals surface area contributed by atoms with Crippen molar-refractivity contribution in [3.8, 4) is 5.75 Å². The number of ether oxygens (including phenoxy) is 2. The Hall–Kier alpha value is -1.71. The minimum absolute atomic E-state index is 0.0984. The van der Waals surface area contributed by atoms with Crippen molar-refractivity contribution in [2.45, 2.75) is 44.9 Å². The summed E-state index contributed by atoms with van der Waals surface area (Å²) >= 11 is 0. The van der Waals surface area contributed by atoms with Gasteiger partial charge < -0.3 is 14.8 Å². The molecule has 21 heavy (non-hydrogen) atoms. The summed E-state index contributed by atoms with van der Waals surface area (Å²) in [4.78, 5) is 10.9. The highest BCUT2D eigenvalue weighted by Gasteiger charge is 1.99. The number of benzene rings is 1. The van der Waals surface area contributed by atoms with Crippen LogP contribution in [-0.4, -0.2) is 26.7 Å². The fraction of sp³-hybridized carbons (Fsp3) is 0.588. The normalized spacial score (nSPS) is 10.2. The van der Waals surface area contributed by atoms with E-state index >= 15 is 0 Å². The molecule has 0 aliphatic heterocycles. The lowest BCUT2D eigenvalue weighted by molar-refractivity contribution is -0.140. The topological polar surface area (TPSA) is 47.6 Å². The smallest absolute Gasteiger partial charge is 0.305 e. The van der Waals surface area contributed by atoms with Crippen molar-refractivity contribution in [3.05, 3.63) is 24.3 Å². The Morgan fingerprint density at radius 2 is 1.57 bits per heavy atom. The van der Waals surface area contributed by atoms with Crippen LogP contribution in [0.1, 0.15) is 44.9 Å². The van der Waals surface area contributed by atoms with Gasteiger partial charge in [-0.25, -0.2) is 0 Å². The zero-order chi connectivity index (χ0) is 15.3. The molecule has 0 fully saturated rings. The summed E-state index contributed by atoms with van der Waals surface area (Å²) in [6.45, 7) is 0.995. The average molecular weight is 293 g/mol. The Morgan fingerprint density at radius 3 is 2.19 bits per heavy atom. The Morgan fingerprint density at radius 1 is 0.952 bits per heavy atom. The van der Waals surface area contributed by atoms with Crippen molar-refractivity contribution in [2.24, 2.45) is 0 Å². The second-order valence-electron chi connectivity index (χ2n) is 5.10. The van der Waals surface area contributed by atoms with Gasteiger partial charge in [0, 0.05) is 18.7 Å². The second kappa shape index (κ2) is 11.0. The van der Waals surface area contributed by atoms with Gasteiger partial charge in [-0.3, -0.25) is 4.79 Å². The van der Waals surface area contributed by atoms with Crippen LogP contribution in [0.4, 0.5) is 5.69 Å². The SMILES string of the molecule is COC(=O)CCCCCCCCNc1ccc(OC)cc1. The standard InChI is InChI=1S/C17H27NO3/c1-20-16-12-10-15(11-13-16)18-14-8-6-4-3-5-7-9-17(19)21-2/h10-13,18H,3-9,14H2,1-2H3. The lowest BCUT2D eigenvalue weighted by Gasteiger charge is -2.07. The summed E-state index contributed by atoms with van der Waals surface area (Å²) in [6.07, 6.45) is 7.42. The Kier molecular flexibility index (Phi) is 9.09. The first-order chi connectivity index (χ1) is 10.3. The molecule has 0 unspecified atom stereocenters. The van der Waals surface area contributed by atoms with Crippen LogP contribution in [0.25, 0.3) is 0 Å². The summed E-state index contributed by atoms with van der Waals surface area (Å²) < 4.78 is 9.74. The minimum Gasteiger partial charge on any atom is -0.497 e. The minimum atomic E-state index is -0.0984. The number of anilines is 1. The molecule has 0 bridgehead atoms. The zero-order valence-electron chi connectivity index (χ0n) is 13.2. The fourth-order valence-corrected chi connectivity index (χ4v) is 2.15. The molecule has 4 heteroatoms. The van der Waals surface area contributed by atoms with Gasteiger partial charge in [0.2, 0.25) is 0 Å². The van der Waals surface area contributed by atoms with Gasteiger partial charge in [0.1, 0.15) is 5.75 Å². The Balaban J connectivity index is 1.93. The van der Waals surface area contributed by atoms with E-state index in [9.17, 15) is 4.79 Å². The maximum atomic E-state index is 10.9. The molecular formula is C17H27NO3. The maximum Gasteiger partial charge on any atom is 0.305 e. The van der Waals surface area contributed by atoms with E-state index < -0.39 is 0 Å². The average Bonchev–Trinajstić information content (AvgIpc) is 2.53. The molecule has 0 radical (unpaired) electrons. The molecule has 1 rings (SSSR count). The summed E-state index contributed by atoms with van der Waals surface area (Å²) in [6, 6.07) is 7.99. The zero-order valence-corrected chi connectivity index (χ0v) is 13.2. The van der Waals surface area contributed by atoms with Crippen molar-refractivity contribution < 1.29 is 14.3 Å². The number of hydrogen-bond acceptors (Lipinski definition) is 4. The van der Waals surface area contributed by atoms with Gasteiger partial charge in [0.05, 0.1) is 14.2 Å². The number of nitrogens with one attached hydrogen (secondary N) is 1. The van der Waals surface area contributed by atoms with E-state index in [1.165, 1.54) is 32.8 Å². The third-order valence-corrected chi connectivity index (χ3v) is 3.45. The van der Waals surface area contributed by atoms with Crippen LogP contribution in [0, 0.1) is 0 Å². The van der Waals surface area contributed by atoms with E-state index in [1.807, 2.05) is 24.3 Å². The van der Waals surface area contributed by atoms with Crippen LogP contribution in [-0.2, 0) is 9.53 Å². The van der Waals surface area contributed by atoms with E-state index in [4.69, 9.17) is 4.74 Å². The summed E-state index contributed by atoms with van der Waals surface area (Å²) in [5.74, 6) is 0.784. The number of esters is 1. The van der Waals surface area contributed by atoms with E-state index in [2.05, 4.69) is 10.1 Å². The maximum absolute atomic E-state index is 10.9. The lowest BCUT2D eigenvalue weighted by Crippen LogP contribution is -2.01. The van der Waals surface area contributed by atoms with Crippen molar-refractivity contribution in [1.29, 1.82) is 0 Å². The monoisotopic (exact) mass is 293 g/mol. The third-order valence-electron chi connectivity index (χ3n) is 3.45. The van der Waals surface area contributed by atoms with Gasteiger partial charge in [-0.1, -0.05) is 25.7 Å². The van der Waals surface area contributed by atoms with Crippen LogP contribution in [0.5, 0.6) is 5.75 Å². The first-order valence-corrected chi connectivity index (χ1v) is 7.71. The molecule has 4 nitrogen and oxygen atoms in total. The molecule has 1 N–H and O–H groups in total. The number of carbonyl (C=O) groups is 1. The van der Waals surface area contributed by atoms with Crippen LogP contribution in [0.2, 0.25) is 0 Å². The molecule has 118 valence electrons. The van der Waals surface area contributed by atoms with Crippen molar-refractivity contribution >= 4 is 11.7 Å². The Bertz CT molecular complexity index is 390. The van der Waals surface area contributed by atoms with Crippen molar-refractivity contribution in [1.82, 2.24) is 0 Å². The predicted octanol–water partition coefficient (Wildman–Crippen LogP) is 4.01. The van der Waals surface area contributed by atoms with Gasteiger partial charge in [0.25, 0.3) is 0 Å². The van der Waals surface area contributed by atoms with Crippen molar-refractivity contribution in [2.75, 3.05) is 26.1 Å². The van der Waals surface area contributed by atoms with E-state index in [1.54, 1.807) is 7.11 Å². The quantitative estimate of drug-likeness (QED) is 0.494. The van der Waals surface area contributed by atoms with Gasteiger partial charge in [0.15, 0.2) is 0 Å². The molecule has 1 aromatic rings. The van der Waals surface area contributed by atoms with Crippen LogP contribution in [0.15, 0.2) is 24.3 Å². The molecular weight excluding hydrogens is 266 g/mol. The molecule has 1 aromatic carbocycles. The first kappa shape index (κ1) is 17.3. The number of unbranched alkanes of at least 4 members (excludes halogenated alkanes) is 5. The lowest BCUT2D eigenvalue weighted by atomic mass is 10.1. The molecule has 0 spiro atoms. The van der Waals surface area contributed by atoms with E-state index in [0.29, 0.717) is 6.42 Å².